The fourth-order valence-corrected chi connectivity index (χ4v) is 3.84. The molecule has 0 aliphatic carbocycles. The van der Waals surface area contributed by atoms with Crippen LogP contribution in [0.1, 0.15) is 12.8 Å². The minimum Gasteiger partial charge on any atom is -0.481 e. The van der Waals surface area contributed by atoms with Crippen molar-refractivity contribution in [1.29, 1.82) is 0 Å². The Bertz CT molecular complexity index is 943. The van der Waals surface area contributed by atoms with Crippen molar-refractivity contribution < 1.29 is 27.1 Å². The van der Waals surface area contributed by atoms with Gasteiger partial charge in [0.15, 0.2) is 11.6 Å². The molecule has 144 valence electrons. The molecule has 27 heavy (non-hydrogen) atoms. The molecule has 1 aliphatic heterocycles. The normalized spacial score (nSPS) is 15.6. The van der Waals surface area contributed by atoms with E-state index in [1.165, 1.54) is 18.3 Å². The molecule has 2 N–H and O–H groups in total. The van der Waals surface area contributed by atoms with Gasteiger partial charge in [0.2, 0.25) is 0 Å². The number of aliphatic carboxylic acids is 1. The molecule has 1 aromatic heterocycles. The number of piperidine rings is 1. The average Bonchev–Trinajstić information content (AvgIpc) is 2.65. The molecule has 0 radical (unpaired) electrons. The van der Waals surface area contributed by atoms with Gasteiger partial charge in [-0.3, -0.25) is 9.52 Å². The third kappa shape index (κ3) is 4.33. The SMILES string of the molecule is O=C(O)C1CCN(c2ccc(S(=O)(=O)Nc3ccc(F)c(F)c3)cn2)CC1. The van der Waals surface area contributed by atoms with E-state index in [9.17, 15) is 22.0 Å². The Morgan fingerprint density at radius 3 is 2.41 bits per heavy atom. The van der Waals surface area contributed by atoms with E-state index in [1.54, 1.807) is 0 Å². The maximum atomic E-state index is 13.2. The first kappa shape index (κ1) is 19.0. The summed E-state index contributed by atoms with van der Waals surface area (Å²) in [6, 6.07) is 5.58. The minimum atomic E-state index is -4.01. The average molecular weight is 397 g/mol. The number of anilines is 2. The Balaban J connectivity index is 1.70. The Morgan fingerprint density at radius 2 is 1.85 bits per heavy atom. The number of carboxylic acids is 1. The molecule has 0 amide bonds. The van der Waals surface area contributed by atoms with Gasteiger partial charge in [0.1, 0.15) is 10.7 Å². The third-order valence-electron chi connectivity index (χ3n) is 4.37. The summed E-state index contributed by atoms with van der Waals surface area (Å²) in [5, 5.41) is 9.02. The molecule has 1 fully saturated rings. The van der Waals surface area contributed by atoms with Crippen LogP contribution in [0.15, 0.2) is 41.4 Å². The number of nitrogens with zero attached hydrogens (tertiary/aromatic N) is 2. The van der Waals surface area contributed by atoms with Crippen LogP contribution in [0.5, 0.6) is 0 Å². The van der Waals surface area contributed by atoms with Crippen LogP contribution >= 0.6 is 0 Å². The van der Waals surface area contributed by atoms with E-state index in [-0.39, 0.29) is 16.5 Å². The number of benzene rings is 1. The lowest BCUT2D eigenvalue weighted by Gasteiger charge is -2.31. The lowest BCUT2D eigenvalue weighted by Crippen LogP contribution is -2.36. The van der Waals surface area contributed by atoms with Crippen LogP contribution in [0.3, 0.4) is 0 Å². The molecule has 1 aliphatic rings. The first-order valence-corrected chi connectivity index (χ1v) is 9.66. The fourth-order valence-electron chi connectivity index (χ4n) is 2.85. The molecule has 0 atom stereocenters. The lowest BCUT2D eigenvalue weighted by atomic mass is 9.97. The second-order valence-electron chi connectivity index (χ2n) is 6.19. The number of rotatable bonds is 5. The predicted molar refractivity (Wildman–Crippen MR) is 94.0 cm³/mol. The van der Waals surface area contributed by atoms with Crippen molar-refractivity contribution in [2.75, 3.05) is 22.7 Å². The number of carboxylic acid groups (broad SMARTS) is 1. The third-order valence-corrected chi connectivity index (χ3v) is 5.74. The lowest BCUT2D eigenvalue weighted by molar-refractivity contribution is -0.142. The summed E-state index contributed by atoms with van der Waals surface area (Å²) in [4.78, 5) is 16.9. The van der Waals surface area contributed by atoms with E-state index in [4.69, 9.17) is 5.11 Å². The van der Waals surface area contributed by atoms with Crippen LogP contribution in [0, 0.1) is 17.6 Å². The number of sulfonamides is 1. The molecule has 3 rings (SSSR count). The fraction of sp³-hybridized carbons (Fsp3) is 0.294. The van der Waals surface area contributed by atoms with E-state index in [2.05, 4.69) is 9.71 Å². The number of hydrogen-bond donors (Lipinski definition) is 2. The van der Waals surface area contributed by atoms with Crippen molar-refractivity contribution >= 4 is 27.5 Å². The summed E-state index contributed by atoms with van der Waals surface area (Å²) >= 11 is 0. The highest BCUT2D eigenvalue weighted by Gasteiger charge is 2.25. The highest BCUT2D eigenvalue weighted by atomic mass is 32.2. The number of carbonyl (C=O) groups is 1. The quantitative estimate of drug-likeness (QED) is 0.804. The van der Waals surface area contributed by atoms with Gasteiger partial charge in [-0.1, -0.05) is 0 Å². The molecular weight excluding hydrogens is 380 g/mol. The van der Waals surface area contributed by atoms with Gasteiger partial charge in [0, 0.05) is 25.4 Å². The van der Waals surface area contributed by atoms with E-state index in [1.807, 2.05) is 4.90 Å². The summed E-state index contributed by atoms with van der Waals surface area (Å²) in [5.41, 5.74) is -0.103. The largest absolute Gasteiger partial charge is 0.481 e. The Hall–Kier alpha value is -2.75. The van der Waals surface area contributed by atoms with Gasteiger partial charge in [-0.05, 0) is 37.1 Å². The summed E-state index contributed by atoms with van der Waals surface area (Å²) in [5.74, 6) is -2.87. The van der Waals surface area contributed by atoms with Gasteiger partial charge in [0.05, 0.1) is 11.6 Å². The minimum absolute atomic E-state index is 0.103. The Kier molecular flexibility index (Phi) is 5.26. The zero-order valence-corrected chi connectivity index (χ0v) is 14.9. The van der Waals surface area contributed by atoms with Crippen LogP contribution in [0.4, 0.5) is 20.3 Å². The van der Waals surface area contributed by atoms with E-state index >= 15 is 0 Å². The van der Waals surface area contributed by atoms with Gasteiger partial charge < -0.3 is 10.0 Å². The number of halogens is 2. The first-order chi connectivity index (χ1) is 12.8. The highest BCUT2D eigenvalue weighted by Crippen LogP contribution is 2.24. The highest BCUT2D eigenvalue weighted by molar-refractivity contribution is 7.92. The molecule has 1 aromatic carbocycles. The molecule has 2 heterocycles. The van der Waals surface area contributed by atoms with Crippen LogP contribution in [0.2, 0.25) is 0 Å². The van der Waals surface area contributed by atoms with Crippen LogP contribution in [-0.2, 0) is 14.8 Å². The maximum Gasteiger partial charge on any atom is 0.306 e. The number of pyridine rings is 1. The van der Waals surface area contributed by atoms with Gasteiger partial charge >= 0.3 is 5.97 Å². The molecule has 10 heteroatoms. The molecular formula is C17H17F2N3O4S. The van der Waals surface area contributed by atoms with Crippen molar-refractivity contribution in [3.63, 3.8) is 0 Å². The van der Waals surface area contributed by atoms with Crippen molar-refractivity contribution in [3.8, 4) is 0 Å². The molecule has 0 saturated carbocycles. The van der Waals surface area contributed by atoms with Gasteiger partial charge in [-0.15, -0.1) is 0 Å². The van der Waals surface area contributed by atoms with E-state index < -0.39 is 27.6 Å². The topological polar surface area (TPSA) is 99.6 Å². The second-order valence-corrected chi connectivity index (χ2v) is 7.87. The van der Waals surface area contributed by atoms with Crippen LogP contribution < -0.4 is 9.62 Å². The van der Waals surface area contributed by atoms with Crippen molar-refractivity contribution in [2.24, 2.45) is 5.92 Å². The summed E-state index contributed by atoms with van der Waals surface area (Å²) in [6.45, 7) is 1.03. The van der Waals surface area contributed by atoms with E-state index in [0.717, 1.165) is 18.2 Å². The van der Waals surface area contributed by atoms with Crippen molar-refractivity contribution in [3.05, 3.63) is 48.2 Å². The Labute approximate surface area is 154 Å². The summed E-state index contributed by atoms with van der Waals surface area (Å²) in [7, 11) is -4.01. The van der Waals surface area contributed by atoms with Gasteiger partial charge in [-0.2, -0.15) is 0 Å². The molecule has 1 saturated heterocycles. The Morgan fingerprint density at radius 1 is 1.15 bits per heavy atom. The molecule has 7 nitrogen and oxygen atoms in total. The standard InChI is InChI=1S/C17H17F2N3O4S/c18-14-3-1-12(9-15(14)19)21-27(25,26)13-2-4-16(20-10-13)22-7-5-11(6-8-22)17(23)24/h1-4,9-11,21H,5-8H2,(H,23,24). The molecule has 0 spiro atoms. The van der Waals surface area contributed by atoms with Crippen molar-refractivity contribution in [2.45, 2.75) is 17.7 Å². The van der Waals surface area contributed by atoms with Gasteiger partial charge in [0.25, 0.3) is 10.0 Å². The molecule has 0 bridgehead atoms. The zero-order valence-electron chi connectivity index (χ0n) is 14.1. The first-order valence-electron chi connectivity index (χ1n) is 8.18. The molecule has 0 unspecified atom stereocenters. The number of nitrogens with one attached hydrogen (secondary N) is 1. The summed E-state index contributed by atoms with van der Waals surface area (Å²) in [6.07, 6.45) is 2.16. The van der Waals surface area contributed by atoms with Gasteiger partial charge in [-0.25, -0.2) is 22.2 Å². The molecule has 2 aromatic rings. The predicted octanol–water partition coefficient (Wildman–Crippen LogP) is 2.46. The van der Waals surface area contributed by atoms with Crippen LogP contribution in [0.25, 0.3) is 0 Å². The smallest absolute Gasteiger partial charge is 0.306 e. The number of hydrogen-bond acceptors (Lipinski definition) is 5. The second kappa shape index (κ2) is 7.47. The van der Waals surface area contributed by atoms with Crippen LogP contribution in [-0.4, -0.2) is 37.6 Å². The van der Waals surface area contributed by atoms with Crippen molar-refractivity contribution in [1.82, 2.24) is 4.98 Å². The number of aromatic nitrogens is 1. The monoisotopic (exact) mass is 397 g/mol. The summed E-state index contributed by atoms with van der Waals surface area (Å²) < 4.78 is 53.1. The zero-order chi connectivity index (χ0) is 19.6. The van der Waals surface area contributed by atoms with E-state index in [0.29, 0.717) is 31.7 Å². The maximum absolute atomic E-state index is 13.2.